The molecule has 0 N–H and O–H groups in total. The maximum atomic E-state index is 5.33. The first-order chi connectivity index (χ1) is 8.41. The van der Waals surface area contributed by atoms with Crippen LogP contribution >= 0.6 is 48.0 Å². The molecule has 0 unspecified atom stereocenters. The van der Waals surface area contributed by atoms with Crippen LogP contribution in [-0.2, 0) is 9.47 Å². The van der Waals surface area contributed by atoms with E-state index in [1.807, 2.05) is 38.0 Å². The molecule has 0 amide bonds. The highest BCUT2D eigenvalue weighted by atomic mass is 32.2. The maximum Gasteiger partial charge on any atom is 0.221 e. The van der Waals surface area contributed by atoms with Gasteiger partial charge in [0.15, 0.2) is 0 Å². The molecule has 0 aromatic rings. The molecule has 0 radical (unpaired) electrons. The molecular formula is C10H20N2O2S4. The highest BCUT2D eigenvalue weighted by Gasteiger charge is 2.03. The van der Waals surface area contributed by atoms with Crippen molar-refractivity contribution in [2.24, 2.45) is 0 Å². The molecule has 0 saturated heterocycles. The van der Waals surface area contributed by atoms with Crippen LogP contribution in [0, 0.1) is 0 Å². The van der Waals surface area contributed by atoms with Gasteiger partial charge in [-0.2, -0.15) is 0 Å². The van der Waals surface area contributed by atoms with Gasteiger partial charge in [-0.1, -0.05) is 23.5 Å². The predicted octanol–water partition coefficient (Wildman–Crippen LogP) is 2.09. The Hall–Kier alpha value is 0.400. The Morgan fingerprint density at radius 3 is 1.44 bits per heavy atom. The number of hydrogen-bond acceptors (Lipinski definition) is 8. The van der Waals surface area contributed by atoms with Crippen molar-refractivity contribution in [3.63, 3.8) is 0 Å². The molecule has 106 valence electrons. The zero-order valence-electron chi connectivity index (χ0n) is 11.2. The van der Waals surface area contributed by atoms with E-state index in [1.54, 1.807) is 0 Å². The Kier molecular flexibility index (Phi) is 11.5. The number of thioether (sulfide) groups is 2. The van der Waals surface area contributed by atoms with Gasteiger partial charge in [-0.15, -0.1) is 0 Å². The topological polar surface area (TPSA) is 24.9 Å². The van der Waals surface area contributed by atoms with Crippen LogP contribution in [0.3, 0.4) is 0 Å². The molecule has 0 aliphatic rings. The molecule has 0 heterocycles. The summed E-state index contributed by atoms with van der Waals surface area (Å²) in [6, 6.07) is 0. The Bertz CT molecular complexity index is 236. The molecule has 0 aromatic heterocycles. The van der Waals surface area contributed by atoms with Gasteiger partial charge in [0.1, 0.15) is 13.5 Å². The van der Waals surface area contributed by atoms with E-state index in [2.05, 4.69) is 0 Å². The first-order valence-electron chi connectivity index (χ1n) is 5.30. The van der Waals surface area contributed by atoms with Crippen LogP contribution in [0.15, 0.2) is 0 Å². The average Bonchev–Trinajstić information content (AvgIpc) is 2.29. The van der Waals surface area contributed by atoms with Crippen molar-refractivity contribution in [1.29, 1.82) is 0 Å². The normalized spacial score (nSPS) is 10.8. The molecule has 0 rings (SSSR count). The summed E-state index contributed by atoms with van der Waals surface area (Å²) in [7, 11) is 7.74. The van der Waals surface area contributed by atoms with Gasteiger partial charge in [0.2, 0.25) is 8.77 Å². The molecule has 0 aliphatic carbocycles. The standard InChI is InChI=1S/C10H20N2O2S4/c1-11(2)7-13-9(15)17-5-6-18-10(16)14-8-12(3)4/h5-8H2,1-4H3. The second-order valence-electron chi connectivity index (χ2n) is 3.90. The zero-order valence-corrected chi connectivity index (χ0v) is 14.4. The predicted molar refractivity (Wildman–Crippen MR) is 89.4 cm³/mol. The summed E-state index contributed by atoms with van der Waals surface area (Å²) >= 11 is 13.2. The minimum absolute atomic E-state index is 0.517. The van der Waals surface area contributed by atoms with Gasteiger partial charge in [-0.05, 0) is 52.6 Å². The van der Waals surface area contributed by atoms with Crippen molar-refractivity contribution >= 4 is 56.7 Å². The summed E-state index contributed by atoms with van der Waals surface area (Å²) in [5.41, 5.74) is 0. The average molecular weight is 329 g/mol. The summed E-state index contributed by atoms with van der Waals surface area (Å²) < 4.78 is 11.8. The molecule has 0 atom stereocenters. The van der Waals surface area contributed by atoms with Crippen LogP contribution in [0.5, 0.6) is 0 Å². The first kappa shape index (κ1) is 18.4. The van der Waals surface area contributed by atoms with Gasteiger partial charge in [0.05, 0.1) is 0 Å². The Morgan fingerprint density at radius 1 is 0.833 bits per heavy atom. The third-order valence-corrected chi connectivity index (χ3v) is 4.13. The zero-order chi connectivity index (χ0) is 14.0. The van der Waals surface area contributed by atoms with E-state index < -0.39 is 0 Å². The van der Waals surface area contributed by atoms with Crippen molar-refractivity contribution < 1.29 is 9.47 Å². The van der Waals surface area contributed by atoms with Gasteiger partial charge >= 0.3 is 0 Å². The van der Waals surface area contributed by atoms with E-state index in [0.717, 1.165) is 11.5 Å². The lowest BCUT2D eigenvalue weighted by Gasteiger charge is -2.12. The fraction of sp³-hybridized carbons (Fsp3) is 0.800. The van der Waals surface area contributed by atoms with Crippen LogP contribution in [0.1, 0.15) is 0 Å². The van der Waals surface area contributed by atoms with E-state index in [9.17, 15) is 0 Å². The molecule has 0 aromatic carbocycles. The molecule has 8 heteroatoms. The lowest BCUT2D eigenvalue weighted by atomic mass is 10.9. The van der Waals surface area contributed by atoms with Gasteiger partial charge in [0, 0.05) is 11.5 Å². The van der Waals surface area contributed by atoms with Crippen LogP contribution < -0.4 is 0 Å². The number of ether oxygens (including phenoxy) is 2. The fourth-order valence-corrected chi connectivity index (χ4v) is 2.57. The summed E-state index contributed by atoms with van der Waals surface area (Å²) in [5.74, 6) is 1.73. The summed E-state index contributed by atoms with van der Waals surface area (Å²) in [6.45, 7) is 1.03. The fourth-order valence-electron chi connectivity index (χ4n) is 0.697. The van der Waals surface area contributed by atoms with Crippen LogP contribution in [0.2, 0.25) is 0 Å². The van der Waals surface area contributed by atoms with Crippen molar-refractivity contribution in [2.45, 2.75) is 0 Å². The number of hydrogen-bond donors (Lipinski definition) is 0. The van der Waals surface area contributed by atoms with Crippen molar-refractivity contribution in [1.82, 2.24) is 9.80 Å². The monoisotopic (exact) mass is 328 g/mol. The summed E-state index contributed by atoms with van der Waals surface area (Å²) in [6.07, 6.45) is 0. The SMILES string of the molecule is CN(C)COC(=S)SCCSC(=S)OCN(C)C. The van der Waals surface area contributed by atoms with Crippen molar-refractivity contribution in [2.75, 3.05) is 53.2 Å². The molecule has 0 fully saturated rings. The third kappa shape index (κ3) is 12.8. The maximum absolute atomic E-state index is 5.33. The minimum atomic E-state index is 0.517. The van der Waals surface area contributed by atoms with E-state index >= 15 is 0 Å². The molecule has 18 heavy (non-hydrogen) atoms. The minimum Gasteiger partial charge on any atom is -0.462 e. The number of nitrogens with zero attached hydrogens (tertiary/aromatic N) is 2. The largest absolute Gasteiger partial charge is 0.462 e. The second kappa shape index (κ2) is 11.2. The second-order valence-corrected chi connectivity index (χ2v) is 7.30. The van der Waals surface area contributed by atoms with E-state index in [4.69, 9.17) is 33.9 Å². The highest BCUT2D eigenvalue weighted by Crippen LogP contribution is 2.12. The molecular weight excluding hydrogens is 308 g/mol. The Morgan fingerprint density at radius 2 is 1.17 bits per heavy atom. The van der Waals surface area contributed by atoms with Crippen LogP contribution in [0.4, 0.5) is 0 Å². The molecule has 0 aliphatic heterocycles. The van der Waals surface area contributed by atoms with Gasteiger partial charge in [0.25, 0.3) is 0 Å². The summed E-state index contributed by atoms with van der Waals surface area (Å²) in [4.78, 5) is 3.84. The lowest BCUT2D eigenvalue weighted by molar-refractivity contribution is 0.178. The summed E-state index contributed by atoms with van der Waals surface area (Å²) in [5, 5.41) is 0. The third-order valence-electron chi connectivity index (χ3n) is 1.40. The van der Waals surface area contributed by atoms with Gasteiger partial charge in [-0.25, -0.2) is 0 Å². The lowest BCUT2D eigenvalue weighted by Crippen LogP contribution is -2.18. The molecule has 4 nitrogen and oxygen atoms in total. The van der Waals surface area contributed by atoms with Crippen molar-refractivity contribution in [3.05, 3.63) is 0 Å². The highest BCUT2D eigenvalue weighted by molar-refractivity contribution is 8.25. The van der Waals surface area contributed by atoms with E-state index in [0.29, 0.717) is 22.2 Å². The Labute approximate surface area is 129 Å². The smallest absolute Gasteiger partial charge is 0.221 e. The quantitative estimate of drug-likeness (QED) is 0.398. The molecule has 0 saturated carbocycles. The Balaban J connectivity index is 3.44. The van der Waals surface area contributed by atoms with Gasteiger partial charge < -0.3 is 9.47 Å². The van der Waals surface area contributed by atoms with Crippen LogP contribution in [0.25, 0.3) is 0 Å². The molecule has 0 bridgehead atoms. The number of thiocarbonyl (C=S) groups is 2. The van der Waals surface area contributed by atoms with E-state index in [-0.39, 0.29) is 0 Å². The molecule has 0 spiro atoms. The number of rotatable bonds is 7. The van der Waals surface area contributed by atoms with Gasteiger partial charge in [-0.3, -0.25) is 9.80 Å². The van der Waals surface area contributed by atoms with Crippen molar-refractivity contribution in [3.8, 4) is 0 Å². The first-order valence-corrected chi connectivity index (χ1v) is 8.09. The van der Waals surface area contributed by atoms with E-state index in [1.165, 1.54) is 23.5 Å². The van der Waals surface area contributed by atoms with Crippen LogP contribution in [-0.4, -0.2) is 71.7 Å².